The van der Waals surface area contributed by atoms with E-state index in [1.807, 2.05) is 44.3 Å². The monoisotopic (exact) mass is 380 g/mol. The van der Waals surface area contributed by atoms with Gasteiger partial charge in [-0.3, -0.25) is 0 Å². The molecule has 0 fully saturated rings. The first-order valence-electron chi connectivity index (χ1n) is 8.46. The first-order chi connectivity index (χ1) is 12.6. The lowest BCUT2D eigenvalue weighted by molar-refractivity contribution is 0.434. The van der Waals surface area contributed by atoms with Gasteiger partial charge in [0.2, 0.25) is 0 Å². The van der Waals surface area contributed by atoms with Crippen LogP contribution in [0.2, 0.25) is 5.02 Å². The molecule has 0 bridgehead atoms. The molecule has 26 heavy (non-hydrogen) atoms. The van der Waals surface area contributed by atoms with Gasteiger partial charge < -0.3 is 10.2 Å². The summed E-state index contributed by atoms with van der Waals surface area (Å²) in [6.07, 6.45) is 0. The normalized spacial score (nSPS) is 10.6. The molecule has 0 amide bonds. The van der Waals surface area contributed by atoms with Gasteiger partial charge in [0.15, 0.2) is 5.11 Å². The molecule has 0 heterocycles. The van der Waals surface area contributed by atoms with Crippen molar-refractivity contribution in [2.24, 2.45) is 0 Å². The Labute approximate surface area is 165 Å². The number of nitrogens with zero attached hydrogens (tertiary/aromatic N) is 1. The van der Waals surface area contributed by atoms with Gasteiger partial charge in [-0.1, -0.05) is 78.3 Å². The Kier molecular flexibility index (Phi) is 5.92. The first-order valence-corrected chi connectivity index (χ1v) is 9.25. The third-order valence-corrected chi connectivity index (χ3v) is 5.25. The van der Waals surface area contributed by atoms with Crippen LogP contribution in [0.1, 0.15) is 22.7 Å². The second kappa shape index (κ2) is 8.35. The highest BCUT2D eigenvalue weighted by molar-refractivity contribution is 7.80. The Bertz CT molecular complexity index is 842. The van der Waals surface area contributed by atoms with Crippen LogP contribution in [0.3, 0.4) is 0 Å². The summed E-state index contributed by atoms with van der Waals surface area (Å²) in [7, 11) is 2.01. The molecular formula is C22H21ClN2S. The molecule has 3 aromatic rings. The quantitative estimate of drug-likeness (QED) is 0.553. The molecule has 0 unspecified atom stereocenters. The second-order valence-electron chi connectivity index (χ2n) is 6.18. The van der Waals surface area contributed by atoms with Gasteiger partial charge in [-0.15, -0.1) is 0 Å². The van der Waals surface area contributed by atoms with Gasteiger partial charge in [0.1, 0.15) is 0 Å². The zero-order valence-corrected chi connectivity index (χ0v) is 16.4. The van der Waals surface area contributed by atoms with Crippen molar-refractivity contribution in [2.75, 3.05) is 12.4 Å². The van der Waals surface area contributed by atoms with E-state index < -0.39 is 0 Å². The molecule has 0 aliphatic carbocycles. The Morgan fingerprint density at radius 3 is 1.96 bits per heavy atom. The predicted molar refractivity (Wildman–Crippen MR) is 115 cm³/mol. The number of halogens is 1. The minimum atomic E-state index is 0.0249. The number of rotatable bonds is 4. The fourth-order valence-corrected chi connectivity index (χ4v) is 3.36. The molecule has 0 aliphatic rings. The van der Waals surface area contributed by atoms with Crippen molar-refractivity contribution >= 4 is 34.6 Å². The maximum atomic E-state index is 6.23. The first kappa shape index (κ1) is 18.4. The lowest BCUT2D eigenvalue weighted by Crippen LogP contribution is -2.35. The molecule has 0 aliphatic heterocycles. The van der Waals surface area contributed by atoms with Gasteiger partial charge in [-0.2, -0.15) is 0 Å². The number of anilines is 1. The molecule has 3 aromatic carbocycles. The van der Waals surface area contributed by atoms with E-state index in [4.69, 9.17) is 23.8 Å². The minimum Gasteiger partial charge on any atom is -0.341 e. The summed E-state index contributed by atoms with van der Waals surface area (Å²) in [5, 5.41) is 4.72. The van der Waals surface area contributed by atoms with Gasteiger partial charge in [-0.05, 0) is 48.0 Å². The molecule has 0 atom stereocenters. The SMILES string of the molecule is Cc1c(Cl)cccc1NC(=S)N(C)C(c1ccccc1)c1ccccc1. The minimum absolute atomic E-state index is 0.0249. The molecule has 0 spiro atoms. The lowest BCUT2D eigenvalue weighted by atomic mass is 9.98. The molecule has 0 radical (unpaired) electrons. The van der Waals surface area contributed by atoms with Gasteiger partial charge in [0.05, 0.1) is 6.04 Å². The smallest absolute Gasteiger partial charge is 0.173 e. The Morgan fingerprint density at radius 2 is 1.42 bits per heavy atom. The summed E-state index contributed by atoms with van der Waals surface area (Å²) in [6.45, 7) is 1.99. The highest BCUT2D eigenvalue weighted by Crippen LogP contribution is 2.29. The van der Waals surface area contributed by atoms with Crippen LogP contribution in [0.15, 0.2) is 78.9 Å². The van der Waals surface area contributed by atoms with E-state index in [1.165, 1.54) is 11.1 Å². The van der Waals surface area contributed by atoms with Crippen molar-refractivity contribution in [3.8, 4) is 0 Å². The number of nitrogens with one attached hydrogen (secondary N) is 1. The van der Waals surface area contributed by atoms with E-state index in [1.54, 1.807) is 0 Å². The van der Waals surface area contributed by atoms with Crippen LogP contribution in [-0.4, -0.2) is 17.1 Å². The third kappa shape index (κ3) is 4.06. The van der Waals surface area contributed by atoms with E-state index >= 15 is 0 Å². The highest BCUT2D eigenvalue weighted by atomic mass is 35.5. The molecule has 0 saturated carbocycles. The van der Waals surface area contributed by atoms with Gasteiger partial charge in [-0.25, -0.2) is 0 Å². The van der Waals surface area contributed by atoms with E-state index in [-0.39, 0.29) is 6.04 Å². The van der Waals surface area contributed by atoms with Crippen LogP contribution in [0, 0.1) is 6.92 Å². The molecule has 1 N–H and O–H groups in total. The fourth-order valence-electron chi connectivity index (χ4n) is 2.97. The Balaban J connectivity index is 1.91. The number of hydrogen-bond acceptors (Lipinski definition) is 1. The average Bonchev–Trinajstić information content (AvgIpc) is 2.67. The zero-order chi connectivity index (χ0) is 18.5. The molecule has 3 rings (SSSR count). The summed E-state index contributed by atoms with van der Waals surface area (Å²) < 4.78 is 0. The standard InChI is InChI=1S/C22H21ClN2S/c1-16-19(23)14-9-15-20(16)24-22(26)25(2)21(17-10-5-3-6-11-17)18-12-7-4-8-13-18/h3-15,21H,1-2H3,(H,24,26). The van der Waals surface area contributed by atoms with Gasteiger partial charge in [0, 0.05) is 17.8 Å². The molecule has 0 aromatic heterocycles. The topological polar surface area (TPSA) is 15.3 Å². The van der Waals surface area contributed by atoms with Crippen molar-refractivity contribution in [2.45, 2.75) is 13.0 Å². The van der Waals surface area contributed by atoms with E-state index in [2.05, 4.69) is 58.7 Å². The summed E-state index contributed by atoms with van der Waals surface area (Å²) in [5.74, 6) is 0. The summed E-state index contributed by atoms with van der Waals surface area (Å²) >= 11 is 11.9. The summed E-state index contributed by atoms with van der Waals surface area (Å²) in [5.41, 5.74) is 4.29. The lowest BCUT2D eigenvalue weighted by Gasteiger charge is -2.31. The van der Waals surface area contributed by atoms with Crippen LogP contribution in [0.4, 0.5) is 5.69 Å². The van der Waals surface area contributed by atoms with Crippen molar-refractivity contribution in [3.63, 3.8) is 0 Å². The Morgan fingerprint density at radius 1 is 0.885 bits per heavy atom. The van der Waals surface area contributed by atoms with Gasteiger partial charge >= 0.3 is 0 Å². The van der Waals surface area contributed by atoms with Crippen LogP contribution < -0.4 is 5.32 Å². The molecule has 4 heteroatoms. The fraction of sp³-hybridized carbons (Fsp3) is 0.136. The summed E-state index contributed by atoms with van der Waals surface area (Å²) in [6, 6.07) is 26.6. The average molecular weight is 381 g/mol. The number of benzene rings is 3. The number of thiocarbonyl (C=S) groups is 1. The molecule has 132 valence electrons. The third-order valence-electron chi connectivity index (χ3n) is 4.45. The van der Waals surface area contributed by atoms with Gasteiger partial charge in [0.25, 0.3) is 0 Å². The summed E-state index contributed by atoms with van der Waals surface area (Å²) in [4.78, 5) is 2.08. The molecule has 2 nitrogen and oxygen atoms in total. The van der Waals surface area contributed by atoms with Crippen molar-refractivity contribution in [3.05, 3.63) is 101 Å². The van der Waals surface area contributed by atoms with Crippen LogP contribution >= 0.6 is 23.8 Å². The largest absolute Gasteiger partial charge is 0.341 e. The van der Waals surface area contributed by atoms with E-state index in [0.717, 1.165) is 16.3 Å². The van der Waals surface area contributed by atoms with Crippen LogP contribution in [0.5, 0.6) is 0 Å². The van der Waals surface area contributed by atoms with E-state index in [0.29, 0.717) is 5.11 Å². The number of hydrogen-bond donors (Lipinski definition) is 1. The molecular weight excluding hydrogens is 360 g/mol. The Hall–Kier alpha value is -2.36. The maximum Gasteiger partial charge on any atom is 0.173 e. The zero-order valence-electron chi connectivity index (χ0n) is 14.8. The van der Waals surface area contributed by atoms with E-state index in [9.17, 15) is 0 Å². The van der Waals surface area contributed by atoms with Crippen molar-refractivity contribution < 1.29 is 0 Å². The van der Waals surface area contributed by atoms with Crippen LogP contribution in [0.25, 0.3) is 0 Å². The maximum absolute atomic E-state index is 6.23. The van der Waals surface area contributed by atoms with Crippen molar-refractivity contribution in [1.82, 2.24) is 4.90 Å². The molecule has 0 saturated heterocycles. The predicted octanol–water partition coefficient (Wildman–Crippen LogP) is 6.07. The van der Waals surface area contributed by atoms with Crippen LogP contribution in [-0.2, 0) is 0 Å². The van der Waals surface area contributed by atoms with Crippen molar-refractivity contribution in [1.29, 1.82) is 0 Å². The highest BCUT2D eigenvalue weighted by Gasteiger charge is 2.21. The second-order valence-corrected chi connectivity index (χ2v) is 6.97.